The number of sulfonamides is 1. The Morgan fingerprint density at radius 1 is 1.19 bits per heavy atom. The highest BCUT2D eigenvalue weighted by atomic mass is 32.2. The molecule has 0 saturated carbocycles. The monoisotopic (exact) mass is 323 g/mol. The summed E-state index contributed by atoms with van der Waals surface area (Å²) in [5, 5.41) is 0. The molecule has 1 saturated heterocycles. The number of nitrogens with zero attached hydrogens (tertiary/aromatic N) is 1. The molecule has 0 aromatic heterocycles. The van der Waals surface area contributed by atoms with Gasteiger partial charge in [-0.15, -0.1) is 0 Å². The molecule has 0 amide bonds. The molecule has 118 valence electrons. The van der Waals surface area contributed by atoms with Gasteiger partial charge in [-0.3, -0.25) is 0 Å². The molecule has 1 aromatic rings. The molecule has 1 aliphatic heterocycles. The van der Waals surface area contributed by atoms with E-state index in [1.54, 1.807) is 6.07 Å². The van der Waals surface area contributed by atoms with Crippen molar-refractivity contribution in [1.29, 1.82) is 0 Å². The number of quaternary nitrogens is 1. The van der Waals surface area contributed by atoms with Crippen LogP contribution in [0.15, 0.2) is 24.3 Å². The summed E-state index contributed by atoms with van der Waals surface area (Å²) in [7, 11) is -3.21. The van der Waals surface area contributed by atoms with Crippen molar-refractivity contribution in [3.8, 4) is 0 Å². The molecule has 2 rings (SSSR count). The third-order valence-corrected chi connectivity index (χ3v) is 4.96. The van der Waals surface area contributed by atoms with E-state index in [2.05, 4.69) is 0 Å². The first-order valence-corrected chi connectivity index (χ1v) is 8.46. The molecule has 0 aliphatic carbocycles. The van der Waals surface area contributed by atoms with E-state index in [1.807, 2.05) is 0 Å². The molecule has 0 spiro atoms. The molecule has 0 unspecified atom stereocenters. The van der Waals surface area contributed by atoms with Gasteiger partial charge < -0.3 is 4.90 Å². The first-order chi connectivity index (χ1) is 9.68. The third-order valence-electron chi connectivity index (χ3n) is 3.66. The van der Waals surface area contributed by atoms with Crippen molar-refractivity contribution in [2.24, 2.45) is 0 Å². The first-order valence-electron chi connectivity index (χ1n) is 6.62. The summed E-state index contributed by atoms with van der Waals surface area (Å²) >= 11 is 0. The molecule has 1 heterocycles. The van der Waals surface area contributed by atoms with Gasteiger partial charge in [-0.1, -0.05) is 18.2 Å². The lowest BCUT2D eigenvalue weighted by Gasteiger charge is -2.31. The Balaban J connectivity index is 2.05. The summed E-state index contributed by atoms with van der Waals surface area (Å²) in [5.41, 5.74) is -0.351. The van der Waals surface area contributed by atoms with Crippen LogP contribution < -0.4 is 4.90 Å². The molecule has 8 heteroatoms. The van der Waals surface area contributed by atoms with Crippen LogP contribution in [0.1, 0.15) is 11.1 Å². The van der Waals surface area contributed by atoms with Crippen molar-refractivity contribution in [2.75, 3.05) is 32.4 Å². The zero-order valence-corrected chi connectivity index (χ0v) is 12.5. The number of piperazine rings is 1. The number of alkyl halides is 3. The SMILES string of the molecule is CS(=O)(=O)N1CC[NH+](Cc2ccccc2C(F)(F)F)CC1. The standard InChI is InChI=1S/C13H17F3N2O2S/c1-21(19,20)18-8-6-17(7-9-18)10-11-4-2-3-5-12(11)13(14,15)16/h2-5H,6-10H2,1H3/p+1. The molecule has 4 nitrogen and oxygen atoms in total. The topological polar surface area (TPSA) is 41.8 Å². The third kappa shape index (κ3) is 4.18. The van der Waals surface area contributed by atoms with Crippen LogP contribution in [0.4, 0.5) is 13.2 Å². The van der Waals surface area contributed by atoms with E-state index in [-0.39, 0.29) is 12.1 Å². The second-order valence-electron chi connectivity index (χ2n) is 5.24. The Hall–Kier alpha value is -1.12. The maximum absolute atomic E-state index is 12.9. The van der Waals surface area contributed by atoms with Crippen LogP contribution in [-0.4, -0.2) is 45.2 Å². The fourth-order valence-electron chi connectivity index (χ4n) is 2.53. The van der Waals surface area contributed by atoms with E-state index in [4.69, 9.17) is 0 Å². The number of benzene rings is 1. The molecule has 0 radical (unpaired) electrons. The van der Waals surface area contributed by atoms with Gasteiger partial charge in [0.15, 0.2) is 0 Å². The van der Waals surface area contributed by atoms with Crippen LogP contribution in [0.5, 0.6) is 0 Å². The van der Waals surface area contributed by atoms with Crippen molar-refractivity contribution in [1.82, 2.24) is 4.31 Å². The van der Waals surface area contributed by atoms with Crippen molar-refractivity contribution >= 4 is 10.0 Å². The minimum atomic E-state index is -4.36. The highest BCUT2D eigenvalue weighted by molar-refractivity contribution is 7.88. The van der Waals surface area contributed by atoms with Crippen molar-refractivity contribution in [2.45, 2.75) is 12.7 Å². The highest BCUT2D eigenvalue weighted by Gasteiger charge is 2.34. The van der Waals surface area contributed by atoms with Gasteiger partial charge in [0.2, 0.25) is 10.0 Å². The number of halogens is 3. The maximum atomic E-state index is 12.9. The summed E-state index contributed by atoms with van der Waals surface area (Å²) in [4.78, 5) is 0.964. The lowest BCUT2D eigenvalue weighted by molar-refractivity contribution is -0.917. The zero-order valence-electron chi connectivity index (χ0n) is 11.7. The Bertz CT molecular complexity index is 594. The maximum Gasteiger partial charge on any atom is 0.416 e. The number of rotatable bonds is 3. The van der Waals surface area contributed by atoms with Gasteiger partial charge in [-0.2, -0.15) is 17.5 Å². The summed E-state index contributed by atoms with van der Waals surface area (Å²) in [6.45, 7) is 1.98. The Morgan fingerprint density at radius 3 is 2.29 bits per heavy atom. The smallest absolute Gasteiger partial charge is 0.329 e. The quantitative estimate of drug-likeness (QED) is 0.873. The predicted molar refractivity (Wildman–Crippen MR) is 72.3 cm³/mol. The fourth-order valence-corrected chi connectivity index (χ4v) is 3.38. The largest absolute Gasteiger partial charge is 0.416 e. The molecular weight excluding hydrogens is 305 g/mol. The Labute approximate surface area is 122 Å². The minimum absolute atomic E-state index is 0.257. The van der Waals surface area contributed by atoms with Crippen molar-refractivity contribution in [3.05, 3.63) is 35.4 Å². The second kappa shape index (κ2) is 5.94. The Morgan fingerprint density at radius 2 is 1.76 bits per heavy atom. The van der Waals surface area contributed by atoms with Crippen LogP contribution in [0.25, 0.3) is 0 Å². The molecule has 0 atom stereocenters. The normalized spacial score (nSPS) is 18.9. The lowest BCUT2D eigenvalue weighted by Crippen LogP contribution is -3.13. The highest BCUT2D eigenvalue weighted by Crippen LogP contribution is 2.31. The average molecular weight is 323 g/mol. The van der Waals surface area contributed by atoms with E-state index in [9.17, 15) is 21.6 Å². The first kappa shape index (κ1) is 16.3. The van der Waals surface area contributed by atoms with Crippen LogP contribution in [-0.2, 0) is 22.7 Å². The van der Waals surface area contributed by atoms with Crippen LogP contribution in [0.2, 0.25) is 0 Å². The zero-order chi connectivity index (χ0) is 15.7. The summed E-state index contributed by atoms with van der Waals surface area (Å²) in [5.74, 6) is 0. The van der Waals surface area contributed by atoms with E-state index < -0.39 is 21.8 Å². The van der Waals surface area contributed by atoms with E-state index in [1.165, 1.54) is 16.4 Å². The van der Waals surface area contributed by atoms with Crippen LogP contribution in [0.3, 0.4) is 0 Å². The number of nitrogens with one attached hydrogen (secondary N) is 1. The van der Waals surface area contributed by atoms with E-state index >= 15 is 0 Å². The van der Waals surface area contributed by atoms with Crippen molar-refractivity contribution < 1.29 is 26.5 Å². The molecule has 1 aromatic carbocycles. The predicted octanol–water partition coefficient (Wildman–Crippen LogP) is 0.366. The van der Waals surface area contributed by atoms with E-state index in [0.717, 1.165) is 17.2 Å². The van der Waals surface area contributed by atoms with Crippen molar-refractivity contribution in [3.63, 3.8) is 0 Å². The van der Waals surface area contributed by atoms with Gasteiger partial charge in [0.25, 0.3) is 0 Å². The lowest BCUT2D eigenvalue weighted by atomic mass is 10.1. The minimum Gasteiger partial charge on any atom is -0.329 e. The summed E-state index contributed by atoms with van der Waals surface area (Å²) in [6.07, 6.45) is -3.21. The van der Waals surface area contributed by atoms with Gasteiger partial charge in [-0.25, -0.2) is 8.42 Å². The molecule has 1 aliphatic rings. The van der Waals surface area contributed by atoms with Gasteiger partial charge in [0, 0.05) is 5.56 Å². The molecule has 1 fully saturated rings. The molecule has 21 heavy (non-hydrogen) atoms. The Kier molecular flexibility index (Phi) is 4.60. The van der Waals surface area contributed by atoms with Gasteiger partial charge in [0.05, 0.1) is 38.0 Å². The van der Waals surface area contributed by atoms with Gasteiger partial charge in [-0.05, 0) is 6.07 Å². The number of hydrogen-bond acceptors (Lipinski definition) is 2. The van der Waals surface area contributed by atoms with Crippen LogP contribution in [0, 0.1) is 0 Å². The second-order valence-corrected chi connectivity index (χ2v) is 7.23. The fraction of sp³-hybridized carbons (Fsp3) is 0.538. The number of hydrogen-bond donors (Lipinski definition) is 1. The summed E-state index contributed by atoms with van der Waals surface area (Å²) in [6, 6.07) is 5.54. The van der Waals surface area contributed by atoms with Gasteiger partial charge in [0.1, 0.15) is 6.54 Å². The molecular formula is C13H18F3N2O2S+. The molecule has 0 bridgehead atoms. The van der Waals surface area contributed by atoms with E-state index in [0.29, 0.717) is 26.2 Å². The van der Waals surface area contributed by atoms with Gasteiger partial charge >= 0.3 is 6.18 Å². The summed E-state index contributed by atoms with van der Waals surface area (Å²) < 4.78 is 62.9. The van der Waals surface area contributed by atoms with Crippen LogP contribution >= 0.6 is 0 Å². The molecule has 1 N–H and O–H groups in total. The average Bonchev–Trinajstić information content (AvgIpc) is 2.37.